The van der Waals surface area contributed by atoms with Gasteiger partial charge in [-0.2, -0.15) is 0 Å². The van der Waals surface area contributed by atoms with Gasteiger partial charge in [0.2, 0.25) is 0 Å². The summed E-state index contributed by atoms with van der Waals surface area (Å²) in [6.07, 6.45) is 0. The molecule has 0 aliphatic rings. The molecule has 0 aliphatic heterocycles. The molecule has 4 heteroatoms. The zero-order valence-corrected chi connectivity index (χ0v) is 5.74. The van der Waals surface area contributed by atoms with Crippen molar-refractivity contribution >= 4 is 16.9 Å². The molecule has 0 aromatic rings. The predicted octanol–water partition coefficient (Wildman–Crippen LogP) is -0.377. The Morgan fingerprint density at radius 3 is 2.75 bits per heavy atom. The molecule has 0 spiro atoms. The summed E-state index contributed by atoms with van der Waals surface area (Å²) in [5.41, 5.74) is 10.5. The fourth-order valence-corrected chi connectivity index (χ4v) is 0.684. The summed E-state index contributed by atoms with van der Waals surface area (Å²) in [6.45, 7) is 0.654. The third-order valence-corrected chi connectivity index (χ3v) is 1.51. The van der Waals surface area contributed by atoms with Crippen molar-refractivity contribution in [3.05, 3.63) is 0 Å². The molecule has 0 radical (unpaired) electrons. The van der Waals surface area contributed by atoms with Crippen LogP contribution in [0.15, 0.2) is 4.99 Å². The number of hydrogen-bond acceptors (Lipinski definition) is 3. The van der Waals surface area contributed by atoms with Crippen molar-refractivity contribution in [3.63, 3.8) is 0 Å². The topological polar surface area (TPSA) is 64.4 Å². The smallest absolute Gasteiger partial charge is 0.153 e. The zero-order chi connectivity index (χ0) is 6.41. The Balaban J connectivity index is 3.12. The van der Waals surface area contributed by atoms with Gasteiger partial charge in [-0.3, -0.25) is 4.99 Å². The molecule has 48 valence electrons. The Morgan fingerprint density at radius 1 is 1.75 bits per heavy atom. The van der Waals surface area contributed by atoms with E-state index in [0.717, 1.165) is 5.75 Å². The van der Waals surface area contributed by atoms with Crippen LogP contribution < -0.4 is 11.5 Å². The van der Waals surface area contributed by atoms with Crippen molar-refractivity contribution in [2.75, 3.05) is 19.3 Å². The van der Waals surface area contributed by atoms with Crippen LogP contribution in [-0.2, 0) is 0 Å². The highest BCUT2D eigenvalue weighted by atomic mass is 32.2. The van der Waals surface area contributed by atoms with Gasteiger partial charge in [0.15, 0.2) is 5.17 Å². The summed E-state index contributed by atoms with van der Waals surface area (Å²) in [5, 5.41) is 0.607. The molecule has 0 heterocycles. The van der Waals surface area contributed by atoms with Gasteiger partial charge < -0.3 is 11.5 Å². The van der Waals surface area contributed by atoms with Gasteiger partial charge in [0.05, 0.1) is 0 Å². The normalized spacial score (nSPS) is 12.0. The summed E-state index contributed by atoms with van der Waals surface area (Å²) in [7, 11) is 1.67. The summed E-state index contributed by atoms with van der Waals surface area (Å²) in [4.78, 5) is 3.73. The monoisotopic (exact) mass is 133 g/mol. The zero-order valence-electron chi connectivity index (χ0n) is 4.92. The SMILES string of the molecule is C/N=C(/N)SCCN. The van der Waals surface area contributed by atoms with E-state index >= 15 is 0 Å². The maximum absolute atomic E-state index is 5.32. The number of nitrogens with two attached hydrogens (primary N) is 2. The molecule has 0 saturated carbocycles. The van der Waals surface area contributed by atoms with Crippen LogP contribution in [0.3, 0.4) is 0 Å². The molecule has 8 heavy (non-hydrogen) atoms. The third-order valence-electron chi connectivity index (χ3n) is 0.588. The Labute approximate surface area is 53.5 Å². The summed E-state index contributed by atoms with van der Waals surface area (Å²) in [6, 6.07) is 0. The van der Waals surface area contributed by atoms with Crippen LogP contribution in [-0.4, -0.2) is 24.5 Å². The first-order valence-corrected chi connectivity index (χ1v) is 3.35. The van der Waals surface area contributed by atoms with E-state index in [0.29, 0.717) is 11.7 Å². The molecule has 0 aromatic carbocycles. The highest BCUT2D eigenvalue weighted by Gasteiger charge is 1.86. The number of hydrogen-bond donors (Lipinski definition) is 2. The van der Waals surface area contributed by atoms with E-state index in [9.17, 15) is 0 Å². The van der Waals surface area contributed by atoms with E-state index in [1.165, 1.54) is 11.8 Å². The number of thioether (sulfide) groups is 1. The molecule has 0 saturated heterocycles. The summed E-state index contributed by atoms with van der Waals surface area (Å²) >= 11 is 1.48. The first-order valence-electron chi connectivity index (χ1n) is 2.36. The van der Waals surface area contributed by atoms with E-state index in [4.69, 9.17) is 11.5 Å². The van der Waals surface area contributed by atoms with Crippen molar-refractivity contribution in [2.45, 2.75) is 0 Å². The fraction of sp³-hybridized carbons (Fsp3) is 0.750. The standard InChI is InChI=1S/C4H11N3S/c1-7-4(6)8-3-2-5/h2-3,5H2,1H3,(H2,6,7). The van der Waals surface area contributed by atoms with Crippen molar-refractivity contribution < 1.29 is 0 Å². The van der Waals surface area contributed by atoms with Crippen molar-refractivity contribution in [1.29, 1.82) is 0 Å². The molecule has 0 aromatic heterocycles. The lowest BCUT2D eigenvalue weighted by Gasteiger charge is -1.93. The van der Waals surface area contributed by atoms with Gasteiger partial charge in [-0.15, -0.1) is 0 Å². The first-order chi connectivity index (χ1) is 3.81. The van der Waals surface area contributed by atoms with Crippen LogP contribution in [0.4, 0.5) is 0 Å². The maximum atomic E-state index is 5.32. The molecular formula is C4H11N3S. The van der Waals surface area contributed by atoms with Crippen LogP contribution in [0.1, 0.15) is 0 Å². The van der Waals surface area contributed by atoms with Gasteiger partial charge in [0, 0.05) is 19.3 Å². The lowest BCUT2D eigenvalue weighted by Crippen LogP contribution is -2.10. The molecule has 0 fully saturated rings. The molecule has 0 aliphatic carbocycles. The first kappa shape index (κ1) is 7.78. The van der Waals surface area contributed by atoms with Crippen LogP contribution in [0.5, 0.6) is 0 Å². The lowest BCUT2D eigenvalue weighted by atomic mass is 10.8. The molecule has 0 atom stereocenters. The average molecular weight is 133 g/mol. The van der Waals surface area contributed by atoms with E-state index in [-0.39, 0.29) is 0 Å². The molecule has 4 N–H and O–H groups in total. The van der Waals surface area contributed by atoms with Gasteiger partial charge in [0.25, 0.3) is 0 Å². The molecular weight excluding hydrogens is 122 g/mol. The molecule has 3 nitrogen and oxygen atoms in total. The predicted molar refractivity (Wildman–Crippen MR) is 39.1 cm³/mol. The largest absolute Gasteiger partial charge is 0.379 e. The van der Waals surface area contributed by atoms with E-state index in [1.54, 1.807) is 7.05 Å². The van der Waals surface area contributed by atoms with Crippen LogP contribution in [0.2, 0.25) is 0 Å². The van der Waals surface area contributed by atoms with E-state index in [1.807, 2.05) is 0 Å². The highest BCUT2D eigenvalue weighted by Crippen LogP contribution is 1.95. The lowest BCUT2D eigenvalue weighted by molar-refractivity contribution is 1.15. The fourth-order valence-electron chi connectivity index (χ4n) is 0.228. The van der Waals surface area contributed by atoms with Gasteiger partial charge in [0.1, 0.15) is 0 Å². The van der Waals surface area contributed by atoms with Gasteiger partial charge in [-0.05, 0) is 0 Å². The molecule has 0 amide bonds. The van der Waals surface area contributed by atoms with Gasteiger partial charge >= 0.3 is 0 Å². The quantitative estimate of drug-likeness (QED) is 0.399. The third kappa shape index (κ3) is 3.95. The minimum absolute atomic E-state index is 0.607. The Morgan fingerprint density at radius 2 is 2.38 bits per heavy atom. The minimum Gasteiger partial charge on any atom is -0.379 e. The summed E-state index contributed by atoms with van der Waals surface area (Å²) in [5.74, 6) is 0.850. The van der Waals surface area contributed by atoms with E-state index in [2.05, 4.69) is 4.99 Å². The van der Waals surface area contributed by atoms with Crippen LogP contribution >= 0.6 is 11.8 Å². The number of rotatable bonds is 2. The number of amidine groups is 1. The number of aliphatic imine (C=N–C) groups is 1. The van der Waals surface area contributed by atoms with Crippen molar-refractivity contribution in [2.24, 2.45) is 16.5 Å². The highest BCUT2D eigenvalue weighted by molar-refractivity contribution is 8.13. The second-order valence-electron chi connectivity index (χ2n) is 1.20. The molecule has 0 unspecified atom stereocenters. The Hall–Kier alpha value is -0.220. The maximum Gasteiger partial charge on any atom is 0.153 e. The molecule has 0 bridgehead atoms. The van der Waals surface area contributed by atoms with Crippen LogP contribution in [0, 0.1) is 0 Å². The Kier molecular flexibility index (Phi) is 4.79. The summed E-state index contributed by atoms with van der Waals surface area (Å²) < 4.78 is 0. The average Bonchev–Trinajstić information content (AvgIpc) is 1.83. The second-order valence-corrected chi connectivity index (χ2v) is 2.31. The minimum atomic E-state index is 0.607. The van der Waals surface area contributed by atoms with E-state index < -0.39 is 0 Å². The van der Waals surface area contributed by atoms with Crippen molar-refractivity contribution in [1.82, 2.24) is 0 Å². The van der Waals surface area contributed by atoms with Crippen LogP contribution in [0.25, 0.3) is 0 Å². The second kappa shape index (κ2) is 4.93. The van der Waals surface area contributed by atoms with Gasteiger partial charge in [-0.25, -0.2) is 0 Å². The molecule has 0 rings (SSSR count). The van der Waals surface area contributed by atoms with Gasteiger partial charge in [-0.1, -0.05) is 11.8 Å². The number of nitrogens with zero attached hydrogens (tertiary/aromatic N) is 1. The Bertz CT molecular complexity index is 81.4. The van der Waals surface area contributed by atoms with Crippen molar-refractivity contribution in [3.8, 4) is 0 Å².